The molecule has 0 unspecified atom stereocenters. The van der Waals surface area contributed by atoms with Gasteiger partial charge in [0.1, 0.15) is 17.0 Å². The summed E-state index contributed by atoms with van der Waals surface area (Å²) in [6.45, 7) is 5.57. The third kappa shape index (κ3) is 3.00. The van der Waals surface area contributed by atoms with Crippen molar-refractivity contribution in [1.82, 2.24) is 14.9 Å². The molecule has 0 aromatic carbocycles. The summed E-state index contributed by atoms with van der Waals surface area (Å²) in [7, 11) is 0. The zero-order chi connectivity index (χ0) is 14.8. The highest BCUT2D eigenvalue weighted by Crippen LogP contribution is 2.25. The Hall–Kier alpha value is -1.69. The Bertz CT molecular complexity index is 631. The quantitative estimate of drug-likeness (QED) is 0.947. The average molecular weight is 304 g/mol. The molecule has 1 amide bonds. The normalized spacial score (nSPS) is 16.6. The molecule has 0 aliphatic carbocycles. The second-order valence-corrected chi connectivity index (χ2v) is 6.65. The highest BCUT2D eigenvalue weighted by atomic mass is 32.1. The number of nitrogens with one attached hydrogen (secondary N) is 1. The summed E-state index contributed by atoms with van der Waals surface area (Å²) in [6, 6.07) is 2.43. The highest BCUT2D eigenvalue weighted by molar-refractivity contribution is 7.16. The summed E-state index contributed by atoms with van der Waals surface area (Å²) in [5, 5.41) is 6.64. The number of hydrogen-bond acceptors (Lipinski definition) is 5. The average Bonchev–Trinajstić information content (AvgIpc) is 2.97. The van der Waals surface area contributed by atoms with E-state index in [9.17, 15) is 4.79 Å². The van der Waals surface area contributed by atoms with Crippen molar-refractivity contribution in [3.8, 4) is 0 Å². The van der Waals surface area contributed by atoms with E-state index in [2.05, 4.69) is 21.4 Å². The van der Waals surface area contributed by atoms with Gasteiger partial charge in [0.25, 0.3) is 0 Å². The molecule has 1 aliphatic rings. The molecule has 2 aromatic rings. The van der Waals surface area contributed by atoms with E-state index in [1.54, 1.807) is 17.7 Å². The number of rotatable bonds is 3. The van der Waals surface area contributed by atoms with E-state index in [0.29, 0.717) is 6.04 Å². The Morgan fingerprint density at radius 3 is 2.86 bits per heavy atom. The van der Waals surface area contributed by atoms with Crippen LogP contribution in [-0.2, 0) is 4.79 Å². The topological polar surface area (TPSA) is 58.1 Å². The minimum atomic E-state index is 0.0850. The third-order valence-corrected chi connectivity index (χ3v) is 4.72. The van der Waals surface area contributed by atoms with Crippen molar-refractivity contribution in [1.29, 1.82) is 0 Å². The van der Waals surface area contributed by atoms with Crippen LogP contribution in [0.25, 0.3) is 10.2 Å². The molecule has 0 radical (unpaired) electrons. The van der Waals surface area contributed by atoms with Gasteiger partial charge < -0.3 is 10.2 Å². The summed E-state index contributed by atoms with van der Waals surface area (Å²) >= 11 is 1.63. The van der Waals surface area contributed by atoms with Gasteiger partial charge in [-0.25, -0.2) is 9.97 Å². The Morgan fingerprint density at radius 2 is 2.14 bits per heavy atom. The number of nitrogens with zero attached hydrogens (tertiary/aromatic N) is 3. The van der Waals surface area contributed by atoms with Crippen LogP contribution in [0.4, 0.5) is 5.82 Å². The van der Waals surface area contributed by atoms with Gasteiger partial charge in [0.15, 0.2) is 0 Å². The number of thiophene rings is 1. The van der Waals surface area contributed by atoms with E-state index < -0.39 is 0 Å². The zero-order valence-electron chi connectivity index (χ0n) is 12.4. The van der Waals surface area contributed by atoms with Crippen molar-refractivity contribution in [3.05, 3.63) is 17.8 Å². The van der Waals surface area contributed by atoms with Crippen LogP contribution in [0.2, 0.25) is 0 Å². The summed E-state index contributed by atoms with van der Waals surface area (Å²) in [5.41, 5.74) is 0. The maximum Gasteiger partial charge on any atom is 0.225 e. The lowest BCUT2D eigenvalue weighted by molar-refractivity contribution is -0.135. The molecule has 2 aromatic heterocycles. The van der Waals surface area contributed by atoms with Gasteiger partial charge in [-0.2, -0.15) is 0 Å². The minimum Gasteiger partial charge on any atom is -0.367 e. The largest absolute Gasteiger partial charge is 0.367 e. The lowest BCUT2D eigenvalue weighted by Crippen LogP contribution is -2.44. The van der Waals surface area contributed by atoms with Gasteiger partial charge in [0.2, 0.25) is 5.91 Å². The van der Waals surface area contributed by atoms with Crippen molar-refractivity contribution < 1.29 is 4.79 Å². The summed E-state index contributed by atoms with van der Waals surface area (Å²) < 4.78 is 0. The monoisotopic (exact) mass is 304 g/mol. The molecule has 1 aliphatic heterocycles. The smallest absolute Gasteiger partial charge is 0.225 e. The molecule has 21 heavy (non-hydrogen) atoms. The Morgan fingerprint density at radius 1 is 1.38 bits per heavy atom. The van der Waals surface area contributed by atoms with Gasteiger partial charge in [-0.3, -0.25) is 4.79 Å². The van der Waals surface area contributed by atoms with Crippen molar-refractivity contribution in [2.24, 2.45) is 5.92 Å². The molecule has 0 saturated carbocycles. The fourth-order valence-electron chi connectivity index (χ4n) is 2.71. The fourth-order valence-corrected chi connectivity index (χ4v) is 3.44. The number of anilines is 1. The minimum absolute atomic E-state index is 0.0850. The molecule has 0 spiro atoms. The lowest BCUT2D eigenvalue weighted by Gasteiger charge is -2.33. The fraction of sp³-hybridized carbons (Fsp3) is 0.533. The van der Waals surface area contributed by atoms with Gasteiger partial charge in [0, 0.05) is 25.0 Å². The number of piperidine rings is 1. The molecule has 1 fully saturated rings. The second kappa shape index (κ2) is 5.97. The first-order valence-corrected chi connectivity index (χ1v) is 8.26. The van der Waals surface area contributed by atoms with Crippen LogP contribution < -0.4 is 5.32 Å². The predicted molar refractivity (Wildman–Crippen MR) is 85.5 cm³/mol. The van der Waals surface area contributed by atoms with Crippen LogP contribution in [0.1, 0.15) is 26.7 Å². The van der Waals surface area contributed by atoms with Gasteiger partial charge in [-0.1, -0.05) is 13.8 Å². The number of carbonyl (C=O) groups is 1. The van der Waals surface area contributed by atoms with Crippen LogP contribution in [0.5, 0.6) is 0 Å². The number of aromatic nitrogens is 2. The molecule has 5 nitrogen and oxygen atoms in total. The number of amides is 1. The molecule has 3 rings (SSSR count). The van der Waals surface area contributed by atoms with E-state index >= 15 is 0 Å². The van der Waals surface area contributed by atoms with Crippen LogP contribution in [0, 0.1) is 5.92 Å². The summed E-state index contributed by atoms with van der Waals surface area (Å²) in [4.78, 5) is 23.6. The summed E-state index contributed by atoms with van der Waals surface area (Å²) in [6.07, 6.45) is 3.54. The third-order valence-electron chi connectivity index (χ3n) is 3.90. The molecule has 0 atom stereocenters. The first-order valence-electron chi connectivity index (χ1n) is 7.38. The number of carbonyl (C=O) groups excluding carboxylic acids is 1. The number of fused-ring (bicyclic) bond motifs is 1. The Balaban J connectivity index is 1.63. The number of likely N-dealkylation sites (tertiary alicyclic amines) is 1. The molecule has 0 bridgehead atoms. The molecular weight excluding hydrogens is 284 g/mol. The first-order chi connectivity index (χ1) is 10.1. The van der Waals surface area contributed by atoms with Crippen molar-refractivity contribution >= 4 is 33.3 Å². The molecule has 1 N–H and O–H groups in total. The lowest BCUT2D eigenvalue weighted by atomic mass is 10.0. The number of hydrogen-bond donors (Lipinski definition) is 1. The standard InChI is InChI=1S/C15H20N4OS/c1-10(2)15(20)19-6-3-11(4-7-19)18-13-12-5-8-21-14(12)17-9-16-13/h5,8-11H,3-4,6-7H2,1-2H3,(H,16,17,18). The van der Waals surface area contributed by atoms with Gasteiger partial charge >= 0.3 is 0 Å². The van der Waals surface area contributed by atoms with E-state index in [1.807, 2.05) is 24.1 Å². The maximum absolute atomic E-state index is 12.0. The highest BCUT2D eigenvalue weighted by Gasteiger charge is 2.24. The molecule has 1 saturated heterocycles. The predicted octanol–water partition coefficient (Wildman–Crippen LogP) is 2.75. The molecular formula is C15H20N4OS. The Kier molecular flexibility index (Phi) is 4.05. The van der Waals surface area contributed by atoms with Crippen LogP contribution in [-0.4, -0.2) is 39.9 Å². The second-order valence-electron chi connectivity index (χ2n) is 5.76. The van der Waals surface area contributed by atoms with Gasteiger partial charge in [0.05, 0.1) is 5.39 Å². The SMILES string of the molecule is CC(C)C(=O)N1CCC(Nc2ncnc3sccc23)CC1. The van der Waals surface area contributed by atoms with Crippen molar-refractivity contribution in [3.63, 3.8) is 0 Å². The molecule has 112 valence electrons. The van der Waals surface area contributed by atoms with Crippen LogP contribution in [0.3, 0.4) is 0 Å². The molecule has 3 heterocycles. The van der Waals surface area contributed by atoms with E-state index in [4.69, 9.17) is 0 Å². The summed E-state index contributed by atoms with van der Waals surface area (Å²) in [5.74, 6) is 1.26. The van der Waals surface area contributed by atoms with Crippen molar-refractivity contribution in [2.75, 3.05) is 18.4 Å². The van der Waals surface area contributed by atoms with E-state index in [-0.39, 0.29) is 11.8 Å². The Labute approximate surface area is 128 Å². The van der Waals surface area contributed by atoms with Crippen LogP contribution in [0.15, 0.2) is 17.8 Å². The zero-order valence-corrected chi connectivity index (χ0v) is 13.2. The van der Waals surface area contributed by atoms with Gasteiger partial charge in [-0.05, 0) is 24.3 Å². The van der Waals surface area contributed by atoms with E-state index in [0.717, 1.165) is 42.0 Å². The van der Waals surface area contributed by atoms with Crippen LogP contribution >= 0.6 is 11.3 Å². The van der Waals surface area contributed by atoms with E-state index in [1.165, 1.54) is 0 Å². The first kappa shape index (κ1) is 14.3. The van der Waals surface area contributed by atoms with Gasteiger partial charge in [-0.15, -0.1) is 11.3 Å². The maximum atomic E-state index is 12.0. The molecule has 6 heteroatoms. The van der Waals surface area contributed by atoms with Crippen molar-refractivity contribution in [2.45, 2.75) is 32.7 Å².